The van der Waals surface area contributed by atoms with Gasteiger partial charge < -0.3 is 0 Å². The molecule has 0 atom stereocenters. The summed E-state index contributed by atoms with van der Waals surface area (Å²) in [7, 11) is -3.60. The van der Waals surface area contributed by atoms with Crippen LogP contribution < -0.4 is 0 Å². The smallest absolute Gasteiger partial charge is 0.184 e. The van der Waals surface area contributed by atoms with Crippen LogP contribution in [0.15, 0.2) is 47.5 Å². The highest BCUT2D eigenvalue weighted by Crippen LogP contribution is 2.24. The average molecular weight is 293 g/mol. The zero-order chi connectivity index (χ0) is 13.9. The number of nitrogens with zero attached hydrogens (tertiary/aromatic N) is 2. The largest absolute Gasteiger partial charge is 0.245 e. The number of benzene rings is 1. The van der Waals surface area contributed by atoms with Gasteiger partial charge in [-0.15, -0.1) is 0 Å². The molecular weight excluding hydrogens is 284 g/mol. The van der Waals surface area contributed by atoms with Gasteiger partial charge in [-0.05, 0) is 18.2 Å². The van der Waals surface area contributed by atoms with Crippen molar-refractivity contribution in [2.75, 3.05) is 0 Å². The lowest BCUT2D eigenvalue weighted by molar-refractivity contribution is 0.595. The van der Waals surface area contributed by atoms with Gasteiger partial charge in [-0.3, -0.25) is 0 Å². The van der Waals surface area contributed by atoms with Crippen molar-refractivity contribution >= 4 is 21.4 Å². The first-order valence-electron chi connectivity index (χ1n) is 5.36. The Morgan fingerprint density at radius 2 is 1.95 bits per heavy atom. The second kappa shape index (κ2) is 5.39. The predicted molar refractivity (Wildman–Crippen MR) is 71.3 cm³/mol. The molecule has 0 amide bonds. The van der Waals surface area contributed by atoms with E-state index in [4.69, 9.17) is 16.9 Å². The van der Waals surface area contributed by atoms with E-state index in [1.807, 2.05) is 6.07 Å². The van der Waals surface area contributed by atoms with E-state index < -0.39 is 9.84 Å². The molecule has 0 aliphatic heterocycles. The summed E-state index contributed by atoms with van der Waals surface area (Å²) in [5.41, 5.74) is 0.475. The highest BCUT2D eigenvalue weighted by molar-refractivity contribution is 7.90. The molecule has 0 saturated carbocycles. The van der Waals surface area contributed by atoms with Gasteiger partial charge in [-0.1, -0.05) is 29.8 Å². The minimum absolute atomic E-state index is 0.0596. The van der Waals surface area contributed by atoms with E-state index in [2.05, 4.69) is 4.98 Å². The van der Waals surface area contributed by atoms with Crippen LogP contribution in [0.4, 0.5) is 0 Å². The molecule has 2 aromatic rings. The maximum Gasteiger partial charge on any atom is 0.184 e. The maximum absolute atomic E-state index is 12.3. The number of nitriles is 1. The van der Waals surface area contributed by atoms with Crippen LogP contribution in [-0.4, -0.2) is 13.4 Å². The molecule has 0 bridgehead atoms. The summed E-state index contributed by atoms with van der Waals surface area (Å²) in [4.78, 5) is 3.90. The van der Waals surface area contributed by atoms with Gasteiger partial charge >= 0.3 is 0 Å². The van der Waals surface area contributed by atoms with Gasteiger partial charge in [0.2, 0.25) is 0 Å². The van der Waals surface area contributed by atoms with Crippen molar-refractivity contribution in [2.24, 2.45) is 0 Å². The molecule has 0 aliphatic carbocycles. The third kappa shape index (κ3) is 2.92. The lowest BCUT2D eigenvalue weighted by Gasteiger charge is -2.07. The fraction of sp³-hybridized carbons (Fsp3) is 0.0769. The molecule has 0 aliphatic rings. The molecule has 96 valence electrons. The van der Waals surface area contributed by atoms with Crippen LogP contribution in [0.5, 0.6) is 0 Å². The predicted octanol–water partition coefficient (Wildman–Crippen LogP) is 2.58. The lowest BCUT2D eigenvalue weighted by atomic mass is 10.2. The first-order chi connectivity index (χ1) is 9.04. The molecular formula is C13H9ClN2O2S. The zero-order valence-corrected chi connectivity index (χ0v) is 11.3. The standard InChI is InChI=1S/C13H9ClN2O2S/c14-11-5-1-2-6-13(11)19(17,18)9-10-4-3-7-16-12(10)8-15/h1-7H,9H2. The fourth-order valence-corrected chi connectivity index (χ4v) is 3.57. The SMILES string of the molecule is N#Cc1ncccc1CS(=O)(=O)c1ccccc1Cl. The van der Waals surface area contributed by atoms with Gasteiger partial charge in [-0.25, -0.2) is 13.4 Å². The Labute approximate surface area is 116 Å². The normalized spacial score (nSPS) is 10.9. The fourth-order valence-electron chi connectivity index (χ4n) is 1.64. The Hall–Kier alpha value is -1.90. The van der Waals surface area contributed by atoms with Gasteiger partial charge in [0.1, 0.15) is 11.8 Å². The van der Waals surface area contributed by atoms with Crippen LogP contribution in [0.1, 0.15) is 11.3 Å². The third-order valence-corrected chi connectivity index (χ3v) is 4.67. The second-order valence-corrected chi connectivity index (χ2v) is 6.18. The van der Waals surface area contributed by atoms with E-state index >= 15 is 0 Å². The molecule has 19 heavy (non-hydrogen) atoms. The molecule has 4 nitrogen and oxygen atoms in total. The summed E-state index contributed by atoms with van der Waals surface area (Å²) in [5, 5.41) is 9.08. The van der Waals surface area contributed by atoms with Gasteiger partial charge in [0.15, 0.2) is 9.84 Å². The Morgan fingerprint density at radius 3 is 2.63 bits per heavy atom. The second-order valence-electron chi connectivity index (χ2n) is 3.81. The highest BCUT2D eigenvalue weighted by Gasteiger charge is 2.20. The summed E-state index contributed by atoms with van der Waals surface area (Å²) in [6.07, 6.45) is 1.45. The molecule has 6 heteroatoms. The molecule has 0 N–H and O–H groups in total. The Bertz CT molecular complexity index is 751. The molecule has 0 unspecified atom stereocenters. The van der Waals surface area contributed by atoms with E-state index in [9.17, 15) is 8.42 Å². The van der Waals surface area contributed by atoms with Crippen LogP contribution in [0.2, 0.25) is 5.02 Å². The molecule has 1 heterocycles. The first kappa shape index (κ1) is 13.5. The van der Waals surface area contributed by atoms with Crippen molar-refractivity contribution in [1.82, 2.24) is 4.98 Å². The van der Waals surface area contributed by atoms with Crippen molar-refractivity contribution in [3.05, 3.63) is 58.9 Å². The van der Waals surface area contributed by atoms with E-state index in [0.29, 0.717) is 5.56 Å². The molecule has 1 aromatic carbocycles. The molecule has 0 spiro atoms. The number of rotatable bonds is 3. The van der Waals surface area contributed by atoms with Crippen LogP contribution in [0, 0.1) is 11.3 Å². The van der Waals surface area contributed by atoms with Crippen molar-refractivity contribution in [3.63, 3.8) is 0 Å². The lowest BCUT2D eigenvalue weighted by Crippen LogP contribution is -2.07. The molecule has 2 rings (SSSR count). The number of hydrogen-bond acceptors (Lipinski definition) is 4. The zero-order valence-electron chi connectivity index (χ0n) is 9.75. The van der Waals surface area contributed by atoms with E-state index in [1.54, 1.807) is 24.3 Å². The van der Waals surface area contributed by atoms with Gasteiger partial charge in [0.05, 0.1) is 15.7 Å². The van der Waals surface area contributed by atoms with Crippen LogP contribution in [0.25, 0.3) is 0 Å². The van der Waals surface area contributed by atoms with Crippen molar-refractivity contribution in [3.8, 4) is 6.07 Å². The summed E-state index contributed by atoms with van der Waals surface area (Å²) >= 11 is 5.89. The number of halogens is 1. The van der Waals surface area contributed by atoms with Crippen LogP contribution in [0.3, 0.4) is 0 Å². The van der Waals surface area contributed by atoms with Crippen molar-refractivity contribution < 1.29 is 8.42 Å². The number of sulfone groups is 1. The van der Waals surface area contributed by atoms with E-state index in [-0.39, 0.29) is 21.4 Å². The number of pyridine rings is 1. The Morgan fingerprint density at radius 1 is 1.21 bits per heavy atom. The summed E-state index contributed by atoms with van der Waals surface area (Å²) in [6.45, 7) is 0. The number of aromatic nitrogens is 1. The summed E-state index contributed by atoms with van der Waals surface area (Å²) in [5.74, 6) is -0.298. The van der Waals surface area contributed by atoms with Gasteiger partial charge in [0, 0.05) is 11.8 Å². The number of hydrogen-bond donors (Lipinski definition) is 0. The quantitative estimate of drug-likeness (QED) is 0.872. The molecule has 0 radical (unpaired) electrons. The molecule has 0 fully saturated rings. The molecule has 1 aromatic heterocycles. The summed E-state index contributed by atoms with van der Waals surface area (Å²) < 4.78 is 24.5. The molecule has 0 saturated heterocycles. The van der Waals surface area contributed by atoms with Gasteiger partial charge in [0.25, 0.3) is 0 Å². The van der Waals surface area contributed by atoms with E-state index in [0.717, 1.165) is 0 Å². The summed E-state index contributed by atoms with van der Waals surface area (Å²) in [6, 6.07) is 11.3. The van der Waals surface area contributed by atoms with Crippen LogP contribution in [-0.2, 0) is 15.6 Å². The monoisotopic (exact) mass is 292 g/mol. The highest BCUT2D eigenvalue weighted by atomic mass is 35.5. The maximum atomic E-state index is 12.3. The Balaban J connectivity index is 2.44. The van der Waals surface area contributed by atoms with Crippen molar-refractivity contribution in [2.45, 2.75) is 10.6 Å². The van der Waals surface area contributed by atoms with Crippen LogP contribution >= 0.6 is 11.6 Å². The first-order valence-corrected chi connectivity index (χ1v) is 7.39. The minimum atomic E-state index is -3.60. The average Bonchev–Trinajstić information content (AvgIpc) is 2.39. The topological polar surface area (TPSA) is 70.8 Å². The minimum Gasteiger partial charge on any atom is -0.245 e. The Kier molecular flexibility index (Phi) is 3.84. The van der Waals surface area contributed by atoms with Gasteiger partial charge in [-0.2, -0.15) is 5.26 Å². The third-order valence-electron chi connectivity index (χ3n) is 2.51. The van der Waals surface area contributed by atoms with Crippen molar-refractivity contribution in [1.29, 1.82) is 5.26 Å². The van der Waals surface area contributed by atoms with E-state index in [1.165, 1.54) is 18.3 Å².